The number of carbonyl (C=O) groups excluding carboxylic acids is 1. The van der Waals surface area contributed by atoms with E-state index < -0.39 is 24.3 Å². The van der Waals surface area contributed by atoms with E-state index in [4.69, 9.17) is 5.73 Å². The van der Waals surface area contributed by atoms with E-state index in [1.54, 1.807) is 0 Å². The Hall–Kier alpha value is -1.63. The second kappa shape index (κ2) is 6.51. The van der Waals surface area contributed by atoms with Crippen molar-refractivity contribution in [1.29, 1.82) is 0 Å². The molecule has 7 heteroatoms. The van der Waals surface area contributed by atoms with Crippen molar-refractivity contribution < 1.29 is 22.4 Å². The Kier molecular flexibility index (Phi) is 5.29. The zero-order chi connectivity index (χ0) is 14.5. The van der Waals surface area contributed by atoms with Crippen molar-refractivity contribution in [2.24, 2.45) is 5.73 Å². The van der Waals surface area contributed by atoms with E-state index in [9.17, 15) is 22.4 Å². The minimum Gasteiger partial charge on any atom is -0.366 e. The molecule has 0 aliphatic carbocycles. The number of benzene rings is 1. The van der Waals surface area contributed by atoms with Gasteiger partial charge < -0.3 is 11.1 Å². The lowest BCUT2D eigenvalue weighted by molar-refractivity contribution is -0.135. The maximum absolute atomic E-state index is 13.4. The first-order valence-corrected chi connectivity index (χ1v) is 5.65. The van der Waals surface area contributed by atoms with Crippen LogP contribution in [0.4, 0.5) is 17.6 Å². The highest BCUT2D eigenvalue weighted by molar-refractivity contribution is 5.92. The molecular formula is C12H14F4N2O. The smallest absolute Gasteiger partial charge is 0.366 e. The van der Waals surface area contributed by atoms with E-state index in [1.807, 2.05) is 0 Å². The fraction of sp³-hybridized carbons (Fsp3) is 0.417. The molecule has 3 nitrogen and oxygen atoms in total. The maximum atomic E-state index is 13.4. The molecule has 0 bridgehead atoms. The second-order valence-corrected chi connectivity index (χ2v) is 4.07. The van der Waals surface area contributed by atoms with Gasteiger partial charge in [0.25, 0.3) is 0 Å². The zero-order valence-electron chi connectivity index (χ0n) is 10.1. The molecule has 0 spiro atoms. The van der Waals surface area contributed by atoms with Crippen LogP contribution in [0.15, 0.2) is 18.2 Å². The molecule has 0 saturated heterocycles. The van der Waals surface area contributed by atoms with E-state index >= 15 is 0 Å². The van der Waals surface area contributed by atoms with Gasteiger partial charge in [0, 0.05) is 24.1 Å². The van der Waals surface area contributed by atoms with Crippen LogP contribution in [-0.4, -0.2) is 18.6 Å². The lowest BCUT2D eigenvalue weighted by Gasteiger charge is -2.08. The predicted molar refractivity (Wildman–Crippen MR) is 61.9 cm³/mol. The quantitative estimate of drug-likeness (QED) is 0.620. The van der Waals surface area contributed by atoms with Crippen LogP contribution in [0.1, 0.15) is 28.8 Å². The first-order chi connectivity index (χ1) is 8.79. The van der Waals surface area contributed by atoms with Crippen LogP contribution < -0.4 is 11.1 Å². The second-order valence-electron chi connectivity index (χ2n) is 4.07. The Bertz CT molecular complexity index is 446. The van der Waals surface area contributed by atoms with Crippen molar-refractivity contribution in [2.45, 2.75) is 25.6 Å². The number of rotatable bonds is 6. The van der Waals surface area contributed by atoms with E-state index in [2.05, 4.69) is 5.32 Å². The molecule has 0 aliphatic heterocycles. The molecule has 1 amide bonds. The van der Waals surface area contributed by atoms with Gasteiger partial charge in [0.2, 0.25) is 5.91 Å². The third-order valence-corrected chi connectivity index (χ3v) is 2.46. The van der Waals surface area contributed by atoms with E-state index in [0.29, 0.717) is 0 Å². The third kappa shape index (κ3) is 5.69. The maximum Gasteiger partial charge on any atom is 0.389 e. The minimum atomic E-state index is -4.18. The van der Waals surface area contributed by atoms with Crippen molar-refractivity contribution in [3.05, 3.63) is 35.1 Å². The summed E-state index contributed by atoms with van der Waals surface area (Å²) in [4.78, 5) is 10.9. The van der Waals surface area contributed by atoms with Gasteiger partial charge in [-0.1, -0.05) is 0 Å². The van der Waals surface area contributed by atoms with Gasteiger partial charge in [0.1, 0.15) is 5.82 Å². The number of halogens is 4. The number of carbonyl (C=O) groups is 1. The summed E-state index contributed by atoms with van der Waals surface area (Å²) in [7, 11) is 0. The van der Waals surface area contributed by atoms with Gasteiger partial charge in [-0.2, -0.15) is 13.2 Å². The molecule has 0 aromatic heterocycles. The number of primary amides is 1. The molecule has 0 radical (unpaired) electrons. The molecule has 0 heterocycles. The van der Waals surface area contributed by atoms with Gasteiger partial charge in [-0.05, 0) is 31.2 Å². The van der Waals surface area contributed by atoms with Crippen LogP contribution in [0.2, 0.25) is 0 Å². The Morgan fingerprint density at radius 3 is 2.58 bits per heavy atom. The van der Waals surface area contributed by atoms with Crippen LogP contribution in [0.25, 0.3) is 0 Å². The molecule has 19 heavy (non-hydrogen) atoms. The van der Waals surface area contributed by atoms with Gasteiger partial charge >= 0.3 is 6.18 Å². The van der Waals surface area contributed by atoms with Gasteiger partial charge in [-0.15, -0.1) is 0 Å². The van der Waals surface area contributed by atoms with Crippen LogP contribution >= 0.6 is 0 Å². The summed E-state index contributed by atoms with van der Waals surface area (Å²) in [5.41, 5.74) is 5.41. The van der Waals surface area contributed by atoms with Crippen molar-refractivity contribution in [3.8, 4) is 0 Å². The largest absolute Gasteiger partial charge is 0.389 e. The highest BCUT2D eigenvalue weighted by Crippen LogP contribution is 2.20. The molecule has 1 aromatic carbocycles. The number of amides is 1. The van der Waals surface area contributed by atoms with E-state index in [1.165, 1.54) is 12.1 Å². The fourth-order valence-corrected chi connectivity index (χ4v) is 1.50. The van der Waals surface area contributed by atoms with Crippen LogP contribution in [0.5, 0.6) is 0 Å². The average Bonchev–Trinajstić information content (AvgIpc) is 2.29. The van der Waals surface area contributed by atoms with Gasteiger partial charge in [0.05, 0.1) is 0 Å². The normalized spacial score (nSPS) is 11.6. The summed E-state index contributed by atoms with van der Waals surface area (Å²) in [6.07, 6.45) is -5.15. The Balaban J connectivity index is 2.45. The summed E-state index contributed by atoms with van der Waals surface area (Å²) >= 11 is 0. The standard InChI is InChI=1S/C12H14F4N2O/c13-10-3-2-8(11(17)19)6-9(10)7-18-5-1-4-12(14,15)16/h2-3,6,18H,1,4-5,7H2,(H2,17,19). The molecule has 1 rings (SSSR count). The highest BCUT2D eigenvalue weighted by atomic mass is 19.4. The van der Waals surface area contributed by atoms with Crippen LogP contribution in [-0.2, 0) is 6.54 Å². The van der Waals surface area contributed by atoms with Gasteiger partial charge in [-0.25, -0.2) is 4.39 Å². The number of hydrogen-bond acceptors (Lipinski definition) is 2. The Labute approximate surface area is 107 Å². The van der Waals surface area contributed by atoms with Gasteiger partial charge in [-0.3, -0.25) is 4.79 Å². The van der Waals surface area contributed by atoms with E-state index in [-0.39, 0.29) is 30.6 Å². The molecule has 106 valence electrons. The number of alkyl halides is 3. The number of nitrogens with one attached hydrogen (secondary N) is 1. The molecule has 0 aliphatic rings. The van der Waals surface area contributed by atoms with Crippen molar-refractivity contribution in [3.63, 3.8) is 0 Å². The third-order valence-electron chi connectivity index (χ3n) is 2.46. The van der Waals surface area contributed by atoms with Gasteiger partial charge in [0.15, 0.2) is 0 Å². The minimum absolute atomic E-state index is 0.0464. The number of nitrogens with two attached hydrogens (primary N) is 1. The monoisotopic (exact) mass is 278 g/mol. The summed E-state index contributed by atoms with van der Waals surface area (Å²) < 4.78 is 49.0. The SMILES string of the molecule is NC(=O)c1ccc(F)c(CNCCCC(F)(F)F)c1. The van der Waals surface area contributed by atoms with E-state index in [0.717, 1.165) is 6.07 Å². The molecule has 1 aromatic rings. The predicted octanol–water partition coefficient (Wildman–Crippen LogP) is 2.36. The zero-order valence-corrected chi connectivity index (χ0v) is 10.1. The summed E-state index contributed by atoms with van der Waals surface area (Å²) in [5, 5.41) is 2.69. The fourth-order valence-electron chi connectivity index (χ4n) is 1.50. The van der Waals surface area contributed by atoms with Crippen LogP contribution in [0.3, 0.4) is 0 Å². The highest BCUT2D eigenvalue weighted by Gasteiger charge is 2.25. The molecule has 3 N–H and O–H groups in total. The first kappa shape index (κ1) is 15.4. The molecule has 0 unspecified atom stereocenters. The molecule has 0 fully saturated rings. The average molecular weight is 278 g/mol. The summed E-state index contributed by atoms with van der Waals surface area (Å²) in [5.74, 6) is -1.22. The molecular weight excluding hydrogens is 264 g/mol. The summed E-state index contributed by atoms with van der Waals surface area (Å²) in [6, 6.07) is 3.64. The van der Waals surface area contributed by atoms with Crippen molar-refractivity contribution in [2.75, 3.05) is 6.54 Å². The van der Waals surface area contributed by atoms with Crippen molar-refractivity contribution in [1.82, 2.24) is 5.32 Å². The lowest BCUT2D eigenvalue weighted by Crippen LogP contribution is -2.19. The molecule has 0 saturated carbocycles. The molecule has 0 atom stereocenters. The van der Waals surface area contributed by atoms with Crippen LogP contribution in [0, 0.1) is 5.82 Å². The van der Waals surface area contributed by atoms with Crippen molar-refractivity contribution >= 4 is 5.91 Å². The Morgan fingerprint density at radius 1 is 1.32 bits per heavy atom. The number of hydrogen-bond donors (Lipinski definition) is 2. The lowest BCUT2D eigenvalue weighted by atomic mass is 10.1. The summed E-state index contributed by atoms with van der Waals surface area (Å²) in [6.45, 7) is 0.157. The topological polar surface area (TPSA) is 55.1 Å². The first-order valence-electron chi connectivity index (χ1n) is 5.65. The Morgan fingerprint density at radius 2 is 2.00 bits per heavy atom.